The molecule has 1 heterocycles. The molecule has 1 aliphatic rings. The van der Waals surface area contributed by atoms with Crippen molar-refractivity contribution >= 4 is 5.91 Å². The zero-order chi connectivity index (χ0) is 14.5. The standard InChI is InChI=1S/C15H21FN2O2/c1-17(9-12-4-6-13(16)7-5-12)15(20)11-18-8-2-3-14(19)10-18/h4-7,14,19H,2-3,8-11H2,1H3. The summed E-state index contributed by atoms with van der Waals surface area (Å²) in [7, 11) is 1.74. The van der Waals surface area contributed by atoms with E-state index in [1.54, 1.807) is 24.1 Å². The third-order valence-electron chi connectivity index (χ3n) is 3.60. The number of aliphatic hydroxyl groups excluding tert-OH is 1. The minimum atomic E-state index is -0.320. The number of β-amino-alcohol motifs (C(OH)–C–C–N with tert-alkyl or cyclic N) is 1. The lowest BCUT2D eigenvalue weighted by Gasteiger charge is -2.30. The number of nitrogens with zero attached hydrogens (tertiary/aromatic N) is 2. The molecule has 4 nitrogen and oxygen atoms in total. The van der Waals surface area contributed by atoms with E-state index < -0.39 is 0 Å². The number of halogens is 1. The Hall–Kier alpha value is -1.46. The van der Waals surface area contributed by atoms with Gasteiger partial charge in [0.2, 0.25) is 5.91 Å². The predicted molar refractivity (Wildman–Crippen MR) is 74.6 cm³/mol. The van der Waals surface area contributed by atoms with Gasteiger partial charge in [0.1, 0.15) is 5.82 Å². The van der Waals surface area contributed by atoms with Gasteiger partial charge >= 0.3 is 0 Å². The van der Waals surface area contributed by atoms with Gasteiger partial charge in [-0.05, 0) is 37.1 Å². The van der Waals surface area contributed by atoms with Gasteiger partial charge in [-0.1, -0.05) is 12.1 Å². The summed E-state index contributed by atoms with van der Waals surface area (Å²) in [4.78, 5) is 15.7. The van der Waals surface area contributed by atoms with E-state index in [9.17, 15) is 14.3 Å². The van der Waals surface area contributed by atoms with Gasteiger partial charge < -0.3 is 10.0 Å². The number of benzene rings is 1. The molecule has 1 unspecified atom stereocenters. The van der Waals surface area contributed by atoms with Gasteiger partial charge in [0.25, 0.3) is 0 Å². The van der Waals surface area contributed by atoms with Gasteiger partial charge in [0.05, 0.1) is 12.6 Å². The minimum absolute atomic E-state index is 0.0171. The highest BCUT2D eigenvalue weighted by Crippen LogP contribution is 2.10. The number of hydrogen-bond donors (Lipinski definition) is 1. The molecule has 0 bridgehead atoms. The highest BCUT2D eigenvalue weighted by atomic mass is 19.1. The van der Waals surface area contributed by atoms with Gasteiger partial charge in [0.15, 0.2) is 0 Å². The quantitative estimate of drug-likeness (QED) is 0.902. The molecule has 0 saturated carbocycles. The second kappa shape index (κ2) is 6.81. The third kappa shape index (κ3) is 4.28. The van der Waals surface area contributed by atoms with Crippen molar-refractivity contribution in [1.82, 2.24) is 9.80 Å². The maximum atomic E-state index is 12.8. The van der Waals surface area contributed by atoms with Crippen molar-refractivity contribution in [1.29, 1.82) is 0 Å². The zero-order valence-corrected chi connectivity index (χ0v) is 11.8. The van der Waals surface area contributed by atoms with Crippen molar-refractivity contribution in [2.75, 3.05) is 26.7 Å². The first kappa shape index (κ1) is 14.9. The van der Waals surface area contributed by atoms with E-state index in [1.165, 1.54) is 12.1 Å². The van der Waals surface area contributed by atoms with Crippen LogP contribution in [0.3, 0.4) is 0 Å². The molecule has 5 heteroatoms. The summed E-state index contributed by atoms with van der Waals surface area (Å²) >= 11 is 0. The number of carbonyl (C=O) groups is 1. The summed E-state index contributed by atoms with van der Waals surface area (Å²) in [6.45, 7) is 2.22. The van der Waals surface area contributed by atoms with Gasteiger partial charge in [-0.15, -0.1) is 0 Å². The molecule has 1 amide bonds. The lowest BCUT2D eigenvalue weighted by molar-refractivity contribution is -0.132. The summed E-state index contributed by atoms with van der Waals surface area (Å²) in [5.41, 5.74) is 0.904. The molecule has 20 heavy (non-hydrogen) atoms. The number of likely N-dealkylation sites (N-methyl/N-ethyl adjacent to an activating group) is 1. The van der Waals surface area contributed by atoms with Crippen molar-refractivity contribution in [2.24, 2.45) is 0 Å². The molecule has 1 aliphatic heterocycles. The maximum Gasteiger partial charge on any atom is 0.236 e. The Kier molecular flexibility index (Phi) is 5.09. The Bertz CT molecular complexity index is 450. The van der Waals surface area contributed by atoms with E-state index >= 15 is 0 Å². The Morgan fingerprint density at radius 2 is 2.15 bits per heavy atom. The molecule has 0 aromatic heterocycles. The van der Waals surface area contributed by atoms with Crippen molar-refractivity contribution in [3.05, 3.63) is 35.6 Å². The fourth-order valence-electron chi connectivity index (χ4n) is 2.44. The number of aliphatic hydroxyl groups is 1. The number of hydrogen-bond acceptors (Lipinski definition) is 3. The number of rotatable bonds is 4. The SMILES string of the molecule is CN(Cc1ccc(F)cc1)C(=O)CN1CCCC(O)C1. The predicted octanol–water partition coefficient (Wildman–Crippen LogP) is 1.24. The monoisotopic (exact) mass is 280 g/mol. The number of amides is 1. The molecule has 0 spiro atoms. The van der Waals surface area contributed by atoms with Crippen LogP contribution in [0.5, 0.6) is 0 Å². The summed E-state index contributed by atoms with van der Waals surface area (Å²) in [5, 5.41) is 9.59. The fourth-order valence-corrected chi connectivity index (χ4v) is 2.44. The first-order valence-electron chi connectivity index (χ1n) is 6.93. The second-order valence-corrected chi connectivity index (χ2v) is 5.41. The van der Waals surface area contributed by atoms with Gasteiger partial charge in [-0.3, -0.25) is 9.69 Å². The Balaban J connectivity index is 1.83. The summed E-state index contributed by atoms with van der Waals surface area (Å²) in [5.74, 6) is -0.256. The van der Waals surface area contributed by atoms with Crippen molar-refractivity contribution in [3.8, 4) is 0 Å². The van der Waals surface area contributed by atoms with Gasteiger partial charge in [0, 0.05) is 20.1 Å². The van der Waals surface area contributed by atoms with Crippen LogP contribution in [0.15, 0.2) is 24.3 Å². The van der Waals surface area contributed by atoms with Crippen molar-refractivity contribution in [3.63, 3.8) is 0 Å². The first-order chi connectivity index (χ1) is 9.54. The Morgan fingerprint density at radius 1 is 1.45 bits per heavy atom. The Morgan fingerprint density at radius 3 is 2.80 bits per heavy atom. The highest BCUT2D eigenvalue weighted by molar-refractivity contribution is 5.78. The van der Waals surface area contributed by atoms with Crippen LogP contribution in [0.1, 0.15) is 18.4 Å². The summed E-state index contributed by atoms with van der Waals surface area (Å²) in [6, 6.07) is 6.16. The smallest absolute Gasteiger partial charge is 0.236 e. The number of piperidine rings is 1. The molecule has 1 aromatic carbocycles. The van der Waals surface area contributed by atoms with E-state index in [2.05, 4.69) is 0 Å². The zero-order valence-electron chi connectivity index (χ0n) is 11.8. The van der Waals surface area contributed by atoms with Crippen LogP contribution in [0.2, 0.25) is 0 Å². The first-order valence-corrected chi connectivity index (χ1v) is 6.93. The molecular formula is C15H21FN2O2. The third-order valence-corrected chi connectivity index (χ3v) is 3.60. The van der Waals surface area contributed by atoms with E-state index in [4.69, 9.17) is 0 Å². The maximum absolute atomic E-state index is 12.8. The second-order valence-electron chi connectivity index (χ2n) is 5.41. The van der Waals surface area contributed by atoms with E-state index in [0.29, 0.717) is 19.6 Å². The van der Waals surface area contributed by atoms with Gasteiger partial charge in [-0.2, -0.15) is 0 Å². The van der Waals surface area contributed by atoms with Crippen LogP contribution >= 0.6 is 0 Å². The van der Waals surface area contributed by atoms with Crippen molar-refractivity contribution in [2.45, 2.75) is 25.5 Å². The normalized spacial score (nSPS) is 19.9. The summed E-state index contributed by atoms with van der Waals surface area (Å²) < 4.78 is 12.8. The molecule has 1 atom stereocenters. The fraction of sp³-hybridized carbons (Fsp3) is 0.533. The molecule has 1 fully saturated rings. The molecule has 1 aromatic rings. The number of likely N-dealkylation sites (tertiary alicyclic amines) is 1. The summed E-state index contributed by atoms with van der Waals surface area (Å²) in [6.07, 6.45) is 1.42. The largest absolute Gasteiger partial charge is 0.392 e. The topological polar surface area (TPSA) is 43.8 Å². The van der Waals surface area contributed by atoms with Crippen LogP contribution in [-0.2, 0) is 11.3 Å². The molecule has 1 saturated heterocycles. The molecule has 110 valence electrons. The highest BCUT2D eigenvalue weighted by Gasteiger charge is 2.21. The van der Waals surface area contributed by atoms with Crippen LogP contribution in [0.4, 0.5) is 4.39 Å². The van der Waals surface area contributed by atoms with Crippen molar-refractivity contribution < 1.29 is 14.3 Å². The average Bonchev–Trinajstić information content (AvgIpc) is 2.41. The van der Waals surface area contributed by atoms with E-state index in [-0.39, 0.29) is 17.8 Å². The molecule has 0 radical (unpaired) electrons. The lowest BCUT2D eigenvalue weighted by atomic mass is 10.1. The van der Waals surface area contributed by atoms with Crippen LogP contribution < -0.4 is 0 Å². The van der Waals surface area contributed by atoms with E-state index in [0.717, 1.165) is 24.9 Å². The molecule has 0 aliphatic carbocycles. The lowest BCUT2D eigenvalue weighted by Crippen LogP contribution is -2.44. The minimum Gasteiger partial charge on any atom is -0.392 e. The Labute approximate surface area is 118 Å². The molecular weight excluding hydrogens is 259 g/mol. The molecule has 1 N–H and O–H groups in total. The van der Waals surface area contributed by atoms with Crippen LogP contribution in [-0.4, -0.2) is 53.6 Å². The van der Waals surface area contributed by atoms with Crippen LogP contribution in [0.25, 0.3) is 0 Å². The molecule has 2 rings (SSSR count). The average molecular weight is 280 g/mol. The van der Waals surface area contributed by atoms with Gasteiger partial charge in [-0.25, -0.2) is 4.39 Å². The van der Waals surface area contributed by atoms with Crippen LogP contribution in [0, 0.1) is 5.82 Å². The van der Waals surface area contributed by atoms with E-state index in [1.807, 2.05) is 4.90 Å². The number of carbonyl (C=O) groups excluding carboxylic acids is 1.